The summed E-state index contributed by atoms with van der Waals surface area (Å²) in [6, 6.07) is 0. The molecule has 92 valence electrons. The van der Waals surface area contributed by atoms with Crippen molar-refractivity contribution in [2.24, 2.45) is 5.92 Å². The van der Waals surface area contributed by atoms with Crippen LogP contribution in [0.5, 0.6) is 0 Å². The number of nitrogens with one attached hydrogen (secondary N) is 1. The number of carboxylic acids is 1. The van der Waals surface area contributed by atoms with Gasteiger partial charge in [-0.15, -0.1) is 11.3 Å². The SMILES string of the molecule is Cc1nc(/C=C/C(=O)NCC(C)C(=O)O)cs1. The van der Waals surface area contributed by atoms with E-state index in [1.165, 1.54) is 24.3 Å². The summed E-state index contributed by atoms with van der Waals surface area (Å²) in [5.41, 5.74) is 0.730. The van der Waals surface area contributed by atoms with E-state index in [9.17, 15) is 9.59 Å². The Morgan fingerprint density at radius 3 is 2.88 bits per heavy atom. The lowest BCUT2D eigenvalue weighted by atomic mass is 10.2. The van der Waals surface area contributed by atoms with Crippen LogP contribution in [0.1, 0.15) is 17.6 Å². The summed E-state index contributed by atoms with van der Waals surface area (Å²) in [4.78, 5) is 26.0. The molecule has 1 atom stereocenters. The Morgan fingerprint density at radius 1 is 1.65 bits per heavy atom. The average Bonchev–Trinajstić information content (AvgIpc) is 2.69. The van der Waals surface area contributed by atoms with Crippen molar-refractivity contribution in [3.63, 3.8) is 0 Å². The van der Waals surface area contributed by atoms with Gasteiger partial charge in [0.25, 0.3) is 0 Å². The fourth-order valence-electron chi connectivity index (χ4n) is 1.02. The highest BCUT2D eigenvalue weighted by Crippen LogP contribution is 2.08. The summed E-state index contributed by atoms with van der Waals surface area (Å²) in [5.74, 6) is -1.83. The molecule has 0 aromatic carbocycles. The second kappa shape index (κ2) is 6.15. The fraction of sp³-hybridized carbons (Fsp3) is 0.364. The zero-order chi connectivity index (χ0) is 12.8. The molecule has 0 bridgehead atoms. The predicted octanol–water partition coefficient (Wildman–Crippen LogP) is 1.30. The molecule has 0 aliphatic carbocycles. The van der Waals surface area contributed by atoms with E-state index in [0.717, 1.165) is 10.7 Å². The minimum absolute atomic E-state index is 0.120. The van der Waals surface area contributed by atoms with Crippen LogP contribution in [0, 0.1) is 12.8 Å². The van der Waals surface area contributed by atoms with Gasteiger partial charge in [-0.25, -0.2) is 4.98 Å². The molecule has 0 spiro atoms. The molecule has 0 aliphatic rings. The Hall–Kier alpha value is -1.69. The first-order valence-electron chi connectivity index (χ1n) is 5.10. The smallest absolute Gasteiger partial charge is 0.308 e. The van der Waals surface area contributed by atoms with E-state index in [2.05, 4.69) is 10.3 Å². The van der Waals surface area contributed by atoms with Crippen molar-refractivity contribution in [3.05, 3.63) is 22.2 Å². The van der Waals surface area contributed by atoms with Crippen LogP contribution in [0.2, 0.25) is 0 Å². The third kappa shape index (κ3) is 4.78. The van der Waals surface area contributed by atoms with Crippen LogP contribution < -0.4 is 5.32 Å². The molecule has 6 heteroatoms. The molecule has 1 amide bonds. The van der Waals surface area contributed by atoms with Crippen molar-refractivity contribution in [1.82, 2.24) is 10.3 Å². The Morgan fingerprint density at radius 2 is 2.35 bits per heavy atom. The van der Waals surface area contributed by atoms with Gasteiger partial charge in [0.05, 0.1) is 16.6 Å². The molecule has 1 heterocycles. The summed E-state index contributed by atoms with van der Waals surface area (Å²) in [6.07, 6.45) is 2.95. The minimum atomic E-state index is -0.926. The topological polar surface area (TPSA) is 79.3 Å². The van der Waals surface area contributed by atoms with E-state index in [1.807, 2.05) is 12.3 Å². The van der Waals surface area contributed by atoms with E-state index in [4.69, 9.17) is 5.11 Å². The molecule has 1 rings (SSSR count). The molecule has 2 N–H and O–H groups in total. The highest BCUT2D eigenvalue weighted by molar-refractivity contribution is 7.09. The number of aromatic nitrogens is 1. The van der Waals surface area contributed by atoms with Crippen molar-refractivity contribution in [2.75, 3.05) is 6.54 Å². The Labute approximate surface area is 103 Å². The van der Waals surface area contributed by atoms with Gasteiger partial charge in [0.2, 0.25) is 5.91 Å². The van der Waals surface area contributed by atoms with E-state index in [1.54, 1.807) is 6.08 Å². The quantitative estimate of drug-likeness (QED) is 0.776. The van der Waals surface area contributed by atoms with E-state index < -0.39 is 11.9 Å². The monoisotopic (exact) mass is 254 g/mol. The van der Waals surface area contributed by atoms with Crippen molar-refractivity contribution in [1.29, 1.82) is 0 Å². The fourth-order valence-corrected chi connectivity index (χ4v) is 1.60. The number of thiazole rings is 1. The molecule has 5 nitrogen and oxygen atoms in total. The minimum Gasteiger partial charge on any atom is -0.481 e. The number of carbonyl (C=O) groups excluding carboxylic acids is 1. The number of rotatable bonds is 5. The largest absolute Gasteiger partial charge is 0.481 e. The van der Waals surface area contributed by atoms with Crippen molar-refractivity contribution in [2.45, 2.75) is 13.8 Å². The first-order valence-corrected chi connectivity index (χ1v) is 5.98. The van der Waals surface area contributed by atoms with Crippen LogP contribution in [0.4, 0.5) is 0 Å². The third-order valence-corrected chi connectivity index (χ3v) is 2.84. The standard InChI is InChI=1S/C11H14N2O3S/c1-7(11(15)16)5-12-10(14)4-3-9-6-17-8(2)13-9/h3-4,6-7H,5H2,1-2H3,(H,12,14)(H,15,16)/b4-3+. The molecule has 17 heavy (non-hydrogen) atoms. The van der Waals surface area contributed by atoms with E-state index in [-0.39, 0.29) is 12.5 Å². The lowest BCUT2D eigenvalue weighted by molar-refractivity contribution is -0.141. The molecule has 0 saturated carbocycles. The van der Waals surface area contributed by atoms with Gasteiger partial charge in [0, 0.05) is 18.0 Å². The highest BCUT2D eigenvalue weighted by atomic mass is 32.1. The van der Waals surface area contributed by atoms with Gasteiger partial charge in [-0.1, -0.05) is 6.92 Å². The van der Waals surface area contributed by atoms with Crippen LogP contribution in [-0.2, 0) is 9.59 Å². The molecule has 0 saturated heterocycles. The number of amides is 1. The Bertz CT molecular complexity index is 440. The molecule has 0 fully saturated rings. The van der Waals surface area contributed by atoms with Gasteiger partial charge in [-0.2, -0.15) is 0 Å². The Kier molecular flexibility index (Phi) is 4.84. The number of hydrogen-bond acceptors (Lipinski definition) is 4. The van der Waals surface area contributed by atoms with Gasteiger partial charge >= 0.3 is 5.97 Å². The maximum atomic E-state index is 11.3. The van der Waals surface area contributed by atoms with Gasteiger partial charge in [0.15, 0.2) is 0 Å². The summed E-state index contributed by atoms with van der Waals surface area (Å²) < 4.78 is 0. The van der Waals surface area contributed by atoms with Crippen LogP contribution in [0.15, 0.2) is 11.5 Å². The molecule has 1 unspecified atom stereocenters. The summed E-state index contributed by atoms with van der Waals surface area (Å²) >= 11 is 1.51. The molecular weight excluding hydrogens is 240 g/mol. The van der Waals surface area contributed by atoms with Gasteiger partial charge in [-0.3, -0.25) is 9.59 Å². The molecule has 1 aromatic heterocycles. The number of hydrogen-bond donors (Lipinski definition) is 2. The summed E-state index contributed by atoms with van der Waals surface area (Å²) in [7, 11) is 0. The van der Waals surface area contributed by atoms with Crippen molar-refractivity contribution in [3.8, 4) is 0 Å². The zero-order valence-electron chi connectivity index (χ0n) is 9.64. The predicted molar refractivity (Wildman–Crippen MR) is 65.7 cm³/mol. The Balaban J connectivity index is 2.39. The number of aryl methyl sites for hydroxylation is 1. The summed E-state index contributed by atoms with van der Waals surface area (Å²) in [5, 5.41) is 13.9. The second-order valence-electron chi connectivity index (χ2n) is 3.61. The number of carboxylic acid groups (broad SMARTS) is 1. The lowest BCUT2D eigenvalue weighted by Crippen LogP contribution is -2.30. The first kappa shape index (κ1) is 13.4. The van der Waals surface area contributed by atoms with Gasteiger partial charge in [-0.05, 0) is 13.0 Å². The molecule has 1 aromatic rings. The van der Waals surface area contributed by atoms with Crippen LogP contribution in [0.25, 0.3) is 6.08 Å². The average molecular weight is 254 g/mol. The van der Waals surface area contributed by atoms with Crippen LogP contribution in [-0.4, -0.2) is 28.5 Å². The normalized spacial score (nSPS) is 12.6. The van der Waals surface area contributed by atoms with Crippen molar-refractivity contribution >= 4 is 29.3 Å². The van der Waals surface area contributed by atoms with Crippen LogP contribution in [0.3, 0.4) is 0 Å². The highest BCUT2D eigenvalue weighted by Gasteiger charge is 2.10. The van der Waals surface area contributed by atoms with Gasteiger partial charge < -0.3 is 10.4 Å². The van der Waals surface area contributed by atoms with E-state index >= 15 is 0 Å². The zero-order valence-corrected chi connectivity index (χ0v) is 10.5. The number of aliphatic carboxylic acids is 1. The van der Waals surface area contributed by atoms with E-state index in [0.29, 0.717) is 0 Å². The van der Waals surface area contributed by atoms with Gasteiger partial charge in [0.1, 0.15) is 0 Å². The maximum absolute atomic E-state index is 11.3. The maximum Gasteiger partial charge on any atom is 0.308 e. The molecular formula is C11H14N2O3S. The first-order chi connectivity index (χ1) is 7.99. The number of nitrogens with zero attached hydrogens (tertiary/aromatic N) is 1. The van der Waals surface area contributed by atoms with Crippen molar-refractivity contribution < 1.29 is 14.7 Å². The molecule has 0 aliphatic heterocycles. The third-order valence-electron chi connectivity index (χ3n) is 2.05. The lowest BCUT2D eigenvalue weighted by Gasteiger charge is -2.05. The summed E-state index contributed by atoms with van der Waals surface area (Å²) in [6.45, 7) is 3.54. The number of carbonyl (C=O) groups is 2. The van der Waals surface area contributed by atoms with Crippen LogP contribution >= 0.6 is 11.3 Å². The molecule has 0 radical (unpaired) electrons. The second-order valence-corrected chi connectivity index (χ2v) is 4.67.